The highest BCUT2D eigenvalue weighted by Gasteiger charge is 2.44. The maximum absolute atomic E-state index is 15.8. The lowest BCUT2D eigenvalue weighted by Crippen LogP contribution is -2.58. The summed E-state index contributed by atoms with van der Waals surface area (Å²) >= 11 is 1.56. The number of fused-ring (bicyclic) bond motifs is 1. The molecule has 0 radical (unpaired) electrons. The number of likely N-dealkylation sites (tertiary alicyclic amines) is 1. The van der Waals surface area contributed by atoms with E-state index in [2.05, 4.69) is 40.5 Å². The minimum atomic E-state index is -4.39. The van der Waals surface area contributed by atoms with Crippen molar-refractivity contribution in [3.05, 3.63) is 107 Å². The molecule has 0 saturated carbocycles. The first-order valence-electron chi connectivity index (χ1n) is 25.1. The van der Waals surface area contributed by atoms with E-state index in [1.54, 1.807) is 35.3 Å². The first-order valence-corrected chi connectivity index (χ1v) is 27.4. The number of rotatable bonds is 18. The second kappa shape index (κ2) is 23.0. The van der Waals surface area contributed by atoms with Gasteiger partial charge in [-0.3, -0.25) is 28.8 Å². The van der Waals surface area contributed by atoms with Crippen molar-refractivity contribution in [2.24, 2.45) is 5.41 Å². The van der Waals surface area contributed by atoms with Crippen molar-refractivity contribution in [2.75, 3.05) is 75.2 Å². The van der Waals surface area contributed by atoms with E-state index < -0.39 is 92.9 Å². The number of nitrogens with one attached hydrogen (secondary N) is 4. The first kappa shape index (κ1) is 54.9. The van der Waals surface area contributed by atoms with Gasteiger partial charge in [0.2, 0.25) is 29.5 Å². The fraction of sp³-hybridized carbons (Fsp3) is 0.423. The number of nitrogens with zero attached hydrogens (tertiary/aromatic N) is 8. The van der Waals surface area contributed by atoms with Crippen LogP contribution in [-0.2, 0) is 35.9 Å². The van der Waals surface area contributed by atoms with Crippen LogP contribution in [0.1, 0.15) is 60.8 Å². The van der Waals surface area contributed by atoms with Crippen LogP contribution < -0.4 is 20.3 Å². The molecule has 9 rings (SSSR count). The Hall–Kier alpha value is -6.90. The van der Waals surface area contributed by atoms with Gasteiger partial charge in [-0.25, -0.2) is 33.1 Å². The lowest BCUT2D eigenvalue weighted by Gasteiger charge is -2.35. The highest BCUT2D eigenvalue weighted by atomic mass is 32.2. The molecule has 4 aromatic heterocycles. The predicted octanol–water partition coefficient (Wildman–Crippen LogP) is 4.61. The molecule has 0 unspecified atom stereocenters. The number of ketones is 1. The van der Waals surface area contributed by atoms with E-state index in [9.17, 15) is 37.1 Å². The molecule has 3 amide bonds. The smallest absolute Gasteiger partial charge is 0.301 e. The lowest BCUT2D eigenvalue weighted by atomic mass is 9.85. The number of β-amino-alcohol motifs (C(OH)–C–C–N with tert-alkyl or cyclic N) is 1. The van der Waals surface area contributed by atoms with E-state index >= 15 is 8.78 Å². The van der Waals surface area contributed by atoms with Crippen LogP contribution >= 0.6 is 11.3 Å². The van der Waals surface area contributed by atoms with Crippen molar-refractivity contribution in [1.82, 2.24) is 49.7 Å². The van der Waals surface area contributed by atoms with Crippen LogP contribution in [-0.4, -0.2) is 166 Å². The van der Waals surface area contributed by atoms with E-state index in [1.165, 1.54) is 17.3 Å². The van der Waals surface area contributed by atoms with Crippen molar-refractivity contribution in [3.63, 3.8) is 0 Å². The zero-order valence-electron chi connectivity index (χ0n) is 42.8. The average Bonchev–Trinajstić information content (AvgIpc) is 4.27. The summed E-state index contributed by atoms with van der Waals surface area (Å²) in [5.74, 6) is -4.58. The molecule has 2 aromatic carbocycles. The van der Waals surface area contributed by atoms with E-state index in [0.29, 0.717) is 49.8 Å². The van der Waals surface area contributed by atoms with Crippen molar-refractivity contribution in [2.45, 2.75) is 71.4 Å². The van der Waals surface area contributed by atoms with Gasteiger partial charge in [-0.05, 0) is 48.1 Å². The topological polar surface area (TPSA) is 248 Å². The average molecular weight is 1100 g/mol. The molecule has 5 N–H and O–H groups in total. The Bertz CT molecular complexity index is 3260. The zero-order chi connectivity index (χ0) is 54.8. The number of aromatic amines is 1. The number of carbonyl (C=O) groups excluding carboxylic acids is 4. The SMILES string of the molecule is Cc1ncsc1-c1ccc(CNC(=O)[C@@H]2C[C@@H](O)CN2C(=O)[C@@H](NC(=O)COCCN2CCN(c3ncc(-c4cnc5[nH]cc(C(=O)c6c(F)ccc(NS(=O)(=O)N7CC[C@@H](F)C7)c6F)c5c4)cn3)CC2)C(C)(C)C)cc1. The second-order valence-electron chi connectivity index (χ2n) is 20.4. The van der Waals surface area contributed by atoms with Crippen LogP contribution in [0.25, 0.3) is 32.6 Å². The van der Waals surface area contributed by atoms with Gasteiger partial charge in [0.15, 0.2) is 5.82 Å². The van der Waals surface area contributed by atoms with Crippen molar-refractivity contribution in [3.8, 4) is 21.6 Å². The van der Waals surface area contributed by atoms with E-state index in [4.69, 9.17) is 4.74 Å². The minimum absolute atomic E-state index is 0.0197. The number of aliphatic hydroxyl groups is 1. The third-order valence-corrected chi connectivity index (χ3v) is 16.4. The molecule has 0 aliphatic carbocycles. The van der Waals surface area contributed by atoms with Gasteiger partial charge in [0, 0.05) is 112 Å². The highest BCUT2D eigenvalue weighted by molar-refractivity contribution is 7.90. The minimum Gasteiger partial charge on any atom is -0.391 e. The molecule has 3 fully saturated rings. The Balaban J connectivity index is 0.735. The maximum Gasteiger partial charge on any atom is 0.301 e. The number of aliphatic hydroxyl groups excluding tert-OH is 1. The van der Waals surface area contributed by atoms with Gasteiger partial charge in [-0.2, -0.15) is 12.7 Å². The molecule has 408 valence electrons. The molecule has 20 nitrogen and oxygen atoms in total. The van der Waals surface area contributed by atoms with E-state index in [0.717, 1.165) is 38.1 Å². The predicted molar refractivity (Wildman–Crippen MR) is 282 cm³/mol. The molecular formula is C52H59F3N12O8S2. The molecule has 77 heavy (non-hydrogen) atoms. The second-order valence-corrected chi connectivity index (χ2v) is 22.9. The fourth-order valence-electron chi connectivity index (χ4n) is 9.58. The number of benzene rings is 2. The van der Waals surface area contributed by atoms with Crippen LogP contribution in [0.4, 0.5) is 24.8 Å². The molecule has 6 aromatic rings. The molecule has 0 bridgehead atoms. The third-order valence-electron chi connectivity index (χ3n) is 13.9. The fourth-order valence-corrected chi connectivity index (χ4v) is 11.7. The van der Waals surface area contributed by atoms with Gasteiger partial charge in [0.25, 0.3) is 0 Å². The van der Waals surface area contributed by atoms with Gasteiger partial charge in [0.1, 0.15) is 36.3 Å². The summed E-state index contributed by atoms with van der Waals surface area (Å²) in [7, 11) is -4.39. The zero-order valence-corrected chi connectivity index (χ0v) is 44.4. The van der Waals surface area contributed by atoms with E-state index in [-0.39, 0.29) is 62.3 Å². The molecule has 3 aliphatic rings. The molecule has 4 atom stereocenters. The first-order chi connectivity index (χ1) is 36.7. The number of ether oxygens (including phenoxy) is 1. The largest absolute Gasteiger partial charge is 0.391 e. The number of halogens is 3. The van der Waals surface area contributed by atoms with Gasteiger partial charge in [-0.1, -0.05) is 45.0 Å². The monoisotopic (exact) mass is 1100 g/mol. The number of alkyl halides is 1. The standard InChI is InChI=1S/C52H59F3N12O8S2/c1-30-46(76-29-61-30)32-7-5-31(6-8-32)21-58-49(71)41-20-36(68)27-67(41)50(72)47(52(2,3)4)62-42(69)28-75-18-17-64-13-15-65(16-14-64)51-59-23-34(24-60-51)33-19-37-38(25-57-48(37)56-22-33)45(70)43-39(54)9-10-40(44(43)55)63-77(73,74)66-12-11-35(53)26-66/h5-10,19,22-25,29,35-36,41,47,63,68H,11-18,20-21,26-28H2,1-4H3,(H,56,57)(H,58,71)(H,62,69)/t35-,36-,41+,47-/m1/s1. The summed E-state index contributed by atoms with van der Waals surface area (Å²) in [4.78, 5) is 81.9. The van der Waals surface area contributed by atoms with Crippen LogP contribution in [0.2, 0.25) is 0 Å². The van der Waals surface area contributed by atoms with Gasteiger partial charge < -0.3 is 35.3 Å². The van der Waals surface area contributed by atoms with E-state index in [1.807, 2.05) is 61.6 Å². The van der Waals surface area contributed by atoms with Crippen LogP contribution in [0.5, 0.6) is 0 Å². The molecule has 3 aliphatic heterocycles. The third kappa shape index (κ3) is 12.4. The van der Waals surface area contributed by atoms with Crippen molar-refractivity contribution >= 4 is 67.7 Å². The Labute approximate surface area is 446 Å². The number of amides is 3. The summed E-state index contributed by atoms with van der Waals surface area (Å²) in [5.41, 5.74) is 3.45. The number of hydrogen-bond acceptors (Lipinski definition) is 15. The number of hydrogen-bond donors (Lipinski definition) is 5. The summed E-state index contributed by atoms with van der Waals surface area (Å²) in [5, 5.41) is 16.6. The van der Waals surface area contributed by atoms with Crippen molar-refractivity contribution < 1.29 is 50.6 Å². The molecule has 3 saturated heterocycles. The molecule has 7 heterocycles. The number of anilines is 2. The maximum atomic E-state index is 15.8. The van der Waals surface area contributed by atoms with Crippen LogP contribution in [0.3, 0.4) is 0 Å². The van der Waals surface area contributed by atoms with Crippen LogP contribution in [0.15, 0.2) is 72.8 Å². The molecular weight excluding hydrogens is 1040 g/mol. The molecule has 25 heteroatoms. The quantitative estimate of drug-likeness (QED) is 0.0583. The van der Waals surface area contributed by atoms with Crippen molar-refractivity contribution in [1.29, 1.82) is 0 Å². The number of thiazole rings is 1. The van der Waals surface area contributed by atoms with Crippen LogP contribution in [0, 0.1) is 24.0 Å². The summed E-state index contributed by atoms with van der Waals surface area (Å²) < 4.78 is 78.9. The van der Waals surface area contributed by atoms with Gasteiger partial charge in [0.05, 0.1) is 40.0 Å². The number of aromatic nitrogens is 5. The summed E-state index contributed by atoms with van der Waals surface area (Å²) in [6, 6.07) is 9.13. The highest BCUT2D eigenvalue weighted by Crippen LogP contribution is 2.32. The Morgan fingerprint density at radius 2 is 1.66 bits per heavy atom. The number of carbonyl (C=O) groups is 4. The summed E-state index contributed by atoms with van der Waals surface area (Å²) in [6.07, 6.45) is 3.76. The Kier molecular flexibility index (Phi) is 16.4. The summed E-state index contributed by atoms with van der Waals surface area (Å²) in [6.45, 7) is 10.0. The Morgan fingerprint density at radius 1 is 0.935 bits per heavy atom. The lowest BCUT2D eigenvalue weighted by molar-refractivity contribution is -0.144. The number of pyridine rings is 1. The normalized spacial score (nSPS) is 18.9. The number of aryl methyl sites for hydroxylation is 1. The van der Waals surface area contributed by atoms with Gasteiger partial charge in [-0.15, -0.1) is 11.3 Å². The number of piperazine rings is 1. The Morgan fingerprint density at radius 3 is 2.34 bits per heavy atom. The van der Waals surface area contributed by atoms with Gasteiger partial charge >= 0.3 is 10.2 Å². The molecule has 0 spiro atoms. The number of H-pyrrole nitrogens is 1.